The summed E-state index contributed by atoms with van der Waals surface area (Å²) in [5, 5.41) is 0. The van der Waals surface area contributed by atoms with Crippen LogP contribution < -0.4 is 4.74 Å². The molecule has 0 unspecified atom stereocenters. The van der Waals surface area contributed by atoms with Crippen LogP contribution in [0.2, 0.25) is 16.6 Å². The fourth-order valence-electron chi connectivity index (χ4n) is 5.83. The molecule has 0 saturated heterocycles. The van der Waals surface area contributed by atoms with Crippen molar-refractivity contribution in [3.8, 4) is 17.0 Å². The quantitative estimate of drug-likeness (QED) is 0.187. The summed E-state index contributed by atoms with van der Waals surface area (Å²) in [6, 6.07) is 10.8. The van der Waals surface area contributed by atoms with Gasteiger partial charge < -0.3 is 13.9 Å². The molecule has 3 aromatic rings. The Balaban J connectivity index is 1.65. The molecule has 39 heavy (non-hydrogen) atoms. The fraction of sp³-hybridized carbons (Fsp3) is 0.500. The molecule has 0 aliphatic heterocycles. The summed E-state index contributed by atoms with van der Waals surface area (Å²) in [6.07, 6.45) is 5.91. The monoisotopic (exact) mass is 552 g/mol. The number of aromatic nitrogens is 2. The van der Waals surface area contributed by atoms with Crippen molar-refractivity contribution < 1.29 is 18.3 Å². The summed E-state index contributed by atoms with van der Waals surface area (Å²) in [7, 11) is -1.92. The molecule has 2 heterocycles. The lowest BCUT2D eigenvalue weighted by molar-refractivity contribution is 0.0436. The Morgan fingerprint density at radius 3 is 2.21 bits per heavy atom. The minimum Gasteiger partial charge on any atom is -0.473 e. The van der Waals surface area contributed by atoms with E-state index < -0.39 is 8.32 Å². The van der Waals surface area contributed by atoms with Crippen LogP contribution in [0.4, 0.5) is 4.39 Å². The average molecular weight is 553 g/mol. The van der Waals surface area contributed by atoms with Gasteiger partial charge in [-0.2, -0.15) is 0 Å². The number of ether oxygens (including phenoxy) is 2. The van der Waals surface area contributed by atoms with E-state index in [0.717, 1.165) is 28.7 Å². The first-order valence-corrected chi connectivity index (χ1v) is 16.3. The number of aryl methyl sites for hydroxylation is 1. The second-order valence-corrected chi connectivity index (χ2v) is 16.6. The van der Waals surface area contributed by atoms with Gasteiger partial charge in [-0.3, -0.25) is 4.98 Å². The minimum absolute atomic E-state index is 0.0860. The van der Waals surface area contributed by atoms with Crippen LogP contribution >= 0.6 is 0 Å². The van der Waals surface area contributed by atoms with Crippen LogP contribution in [0.1, 0.15) is 77.7 Å². The van der Waals surface area contributed by atoms with Crippen molar-refractivity contribution in [2.24, 2.45) is 0 Å². The van der Waals surface area contributed by atoms with Gasteiger partial charge in [0.1, 0.15) is 12.4 Å². The van der Waals surface area contributed by atoms with E-state index in [9.17, 15) is 4.39 Å². The molecule has 1 aromatic carbocycles. The number of benzene rings is 1. The highest BCUT2D eigenvalue weighted by Gasteiger charge is 2.44. The van der Waals surface area contributed by atoms with Crippen LogP contribution in [-0.2, 0) is 15.8 Å². The van der Waals surface area contributed by atoms with E-state index in [1.165, 1.54) is 6.07 Å². The van der Waals surface area contributed by atoms with Crippen molar-refractivity contribution in [2.75, 3.05) is 13.2 Å². The molecule has 0 bridgehead atoms. The summed E-state index contributed by atoms with van der Waals surface area (Å²) in [4.78, 5) is 8.68. The highest BCUT2D eigenvalue weighted by molar-refractivity contribution is 6.77. The van der Waals surface area contributed by atoms with E-state index in [4.69, 9.17) is 13.9 Å². The highest BCUT2D eigenvalue weighted by atomic mass is 28.4. The second-order valence-electron chi connectivity index (χ2n) is 11.1. The third kappa shape index (κ3) is 7.53. The van der Waals surface area contributed by atoms with Gasteiger partial charge in [-0.25, -0.2) is 9.37 Å². The molecule has 7 heteroatoms. The van der Waals surface area contributed by atoms with Crippen LogP contribution in [0.5, 0.6) is 5.88 Å². The Bertz CT molecular complexity index is 1160. The fourth-order valence-corrected chi connectivity index (χ4v) is 11.3. The zero-order chi connectivity index (χ0) is 28.6. The van der Waals surface area contributed by atoms with Crippen LogP contribution in [-0.4, -0.2) is 31.5 Å². The largest absolute Gasteiger partial charge is 0.473 e. The average Bonchev–Trinajstić information content (AvgIpc) is 2.90. The van der Waals surface area contributed by atoms with Crippen molar-refractivity contribution in [3.05, 3.63) is 77.5 Å². The van der Waals surface area contributed by atoms with Crippen molar-refractivity contribution in [1.82, 2.24) is 9.97 Å². The molecular weight excluding hydrogens is 507 g/mol. The summed E-state index contributed by atoms with van der Waals surface area (Å²) in [6.45, 7) is 19.4. The van der Waals surface area contributed by atoms with Gasteiger partial charge in [-0.15, -0.1) is 0 Å². The molecular formula is C32H45FN2O3Si. The first-order chi connectivity index (χ1) is 18.6. The lowest BCUT2D eigenvalue weighted by Gasteiger charge is -2.42. The second kappa shape index (κ2) is 14.1. The SMILES string of the molecule is CCO[C@@H](CCO[Si](C(C)C)(C(C)C)C(C)C)c1ccc(OCc2ccc(F)c(-c3cnccc3C)c2)nc1. The number of halogens is 1. The lowest BCUT2D eigenvalue weighted by Crippen LogP contribution is -2.48. The molecule has 0 aliphatic rings. The Hall–Kier alpha value is -2.61. The maximum absolute atomic E-state index is 14.6. The summed E-state index contributed by atoms with van der Waals surface area (Å²) >= 11 is 0. The van der Waals surface area contributed by atoms with Gasteiger partial charge in [0.2, 0.25) is 5.88 Å². The van der Waals surface area contributed by atoms with E-state index in [0.29, 0.717) is 41.3 Å². The molecule has 1 atom stereocenters. The maximum atomic E-state index is 14.6. The predicted molar refractivity (Wildman–Crippen MR) is 159 cm³/mol. The number of hydrogen-bond donors (Lipinski definition) is 0. The van der Waals surface area contributed by atoms with Crippen LogP contribution in [0.3, 0.4) is 0 Å². The predicted octanol–water partition coefficient (Wildman–Crippen LogP) is 8.83. The van der Waals surface area contributed by atoms with Gasteiger partial charge in [-0.05, 0) is 77.8 Å². The van der Waals surface area contributed by atoms with Crippen LogP contribution in [0.25, 0.3) is 11.1 Å². The summed E-state index contributed by atoms with van der Waals surface area (Å²) in [5.41, 5.74) is 5.78. The number of rotatable bonds is 14. The van der Waals surface area contributed by atoms with E-state index in [1.54, 1.807) is 18.5 Å². The standard InChI is InChI=1S/C32H45FN2O3Si/c1-9-36-31(15-17-38-39(22(2)3,23(4)5)24(6)7)27-11-13-32(35-19-27)37-21-26-10-12-30(33)28(18-26)29-20-34-16-14-25(29)8/h10-14,16,18-20,22-24,31H,9,15,17,21H2,1-8H3/t31-/m0/s1. The molecule has 5 nitrogen and oxygen atoms in total. The number of nitrogens with zero attached hydrogens (tertiary/aromatic N) is 2. The van der Waals surface area contributed by atoms with E-state index in [-0.39, 0.29) is 18.5 Å². The Morgan fingerprint density at radius 1 is 0.897 bits per heavy atom. The van der Waals surface area contributed by atoms with Gasteiger partial charge in [0.05, 0.1) is 6.10 Å². The zero-order valence-electron chi connectivity index (χ0n) is 24.8. The van der Waals surface area contributed by atoms with Crippen molar-refractivity contribution >= 4 is 8.32 Å². The molecule has 2 aromatic heterocycles. The van der Waals surface area contributed by atoms with E-state index in [2.05, 4.69) is 51.5 Å². The Labute approximate surface area is 235 Å². The third-order valence-corrected chi connectivity index (χ3v) is 13.8. The molecule has 0 aliphatic carbocycles. The third-order valence-electron chi connectivity index (χ3n) is 7.68. The lowest BCUT2D eigenvalue weighted by atomic mass is 10.0. The van der Waals surface area contributed by atoms with Crippen molar-refractivity contribution in [1.29, 1.82) is 0 Å². The Morgan fingerprint density at radius 2 is 1.62 bits per heavy atom. The molecule has 0 amide bonds. The number of hydrogen-bond acceptors (Lipinski definition) is 5. The first kappa shape index (κ1) is 30.9. The minimum atomic E-state index is -1.92. The van der Waals surface area contributed by atoms with Gasteiger partial charge in [0.25, 0.3) is 0 Å². The van der Waals surface area contributed by atoms with E-state index >= 15 is 0 Å². The topological polar surface area (TPSA) is 53.5 Å². The van der Waals surface area contributed by atoms with Gasteiger partial charge >= 0.3 is 0 Å². The molecule has 0 radical (unpaired) electrons. The number of pyridine rings is 2. The van der Waals surface area contributed by atoms with Gasteiger partial charge in [-0.1, -0.05) is 47.6 Å². The smallest absolute Gasteiger partial charge is 0.213 e. The summed E-state index contributed by atoms with van der Waals surface area (Å²) < 4.78 is 33.3. The van der Waals surface area contributed by atoms with Gasteiger partial charge in [0, 0.05) is 49.0 Å². The van der Waals surface area contributed by atoms with Crippen molar-refractivity contribution in [3.63, 3.8) is 0 Å². The first-order valence-electron chi connectivity index (χ1n) is 14.1. The van der Waals surface area contributed by atoms with Crippen molar-refractivity contribution in [2.45, 2.75) is 91.1 Å². The normalized spacial score (nSPS) is 12.9. The molecule has 0 fully saturated rings. The zero-order valence-corrected chi connectivity index (χ0v) is 25.8. The van der Waals surface area contributed by atoms with Crippen LogP contribution in [0, 0.1) is 12.7 Å². The van der Waals surface area contributed by atoms with Gasteiger partial charge in [0.15, 0.2) is 8.32 Å². The van der Waals surface area contributed by atoms with E-state index in [1.807, 2.05) is 44.3 Å². The highest BCUT2D eigenvalue weighted by Crippen LogP contribution is 2.42. The maximum Gasteiger partial charge on any atom is 0.213 e. The molecule has 212 valence electrons. The molecule has 3 rings (SSSR count). The molecule has 0 N–H and O–H groups in total. The summed E-state index contributed by atoms with van der Waals surface area (Å²) in [5.74, 6) is 0.234. The van der Waals surface area contributed by atoms with Crippen LogP contribution in [0.15, 0.2) is 55.0 Å². The molecule has 0 spiro atoms. The molecule has 0 saturated carbocycles. The Kier molecular flexibility index (Phi) is 11.2.